The van der Waals surface area contributed by atoms with Gasteiger partial charge in [-0.2, -0.15) is 0 Å². The lowest BCUT2D eigenvalue weighted by atomic mass is 9.91. The second-order valence-corrected chi connectivity index (χ2v) is 5.06. The molecule has 0 fully saturated rings. The Morgan fingerprint density at radius 1 is 0.913 bits per heavy atom. The van der Waals surface area contributed by atoms with Crippen molar-refractivity contribution in [3.63, 3.8) is 0 Å². The summed E-state index contributed by atoms with van der Waals surface area (Å²) >= 11 is 0. The van der Waals surface area contributed by atoms with Crippen LogP contribution in [0.2, 0.25) is 0 Å². The standard InChI is InChI=1S/C18H20O5/c1-11(12-5-7-13(21-2)8-6-12)16(20)14-9-10-15(19)18(23-4)17(14)22-3/h5-11,19H,1-4H3. The van der Waals surface area contributed by atoms with Crippen LogP contribution in [0.5, 0.6) is 23.0 Å². The molecule has 0 amide bonds. The number of carbonyl (C=O) groups excluding carboxylic acids is 1. The van der Waals surface area contributed by atoms with Crippen molar-refractivity contribution in [2.75, 3.05) is 21.3 Å². The van der Waals surface area contributed by atoms with E-state index in [0.29, 0.717) is 5.56 Å². The molecule has 0 aliphatic carbocycles. The van der Waals surface area contributed by atoms with Crippen LogP contribution >= 0.6 is 0 Å². The van der Waals surface area contributed by atoms with Gasteiger partial charge < -0.3 is 19.3 Å². The highest BCUT2D eigenvalue weighted by atomic mass is 16.5. The average Bonchev–Trinajstić information content (AvgIpc) is 2.60. The smallest absolute Gasteiger partial charge is 0.203 e. The van der Waals surface area contributed by atoms with E-state index in [4.69, 9.17) is 14.2 Å². The molecule has 23 heavy (non-hydrogen) atoms. The second-order valence-electron chi connectivity index (χ2n) is 5.06. The zero-order chi connectivity index (χ0) is 17.0. The molecule has 1 unspecified atom stereocenters. The number of aromatic hydroxyl groups is 1. The van der Waals surface area contributed by atoms with Gasteiger partial charge in [-0.15, -0.1) is 0 Å². The van der Waals surface area contributed by atoms with Crippen molar-refractivity contribution in [1.82, 2.24) is 0 Å². The first-order valence-electron chi connectivity index (χ1n) is 7.15. The monoisotopic (exact) mass is 316 g/mol. The minimum atomic E-state index is -0.371. The SMILES string of the molecule is COc1ccc(C(C)C(=O)c2ccc(O)c(OC)c2OC)cc1. The zero-order valence-corrected chi connectivity index (χ0v) is 13.6. The molecule has 5 nitrogen and oxygen atoms in total. The summed E-state index contributed by atoms with van der Waals surface area (Å²) in [6.07, 6.45) is 0. The Bertz CT molecular complexity index is 691. The van der Waals surface area contributed by atoms with Crippen LogP contribution in [0.4, 0.5) is 0 Å². The van der Waals surface area contributed by atoms with Gasteiger partial charge in [0.1, 0.15) is 5.75 Å². The van der Waals surface area contributed by atoms with Gasteiger partial charge in [0.15, 0.2) is 17.3 Å². The molecule has 0 spiro atoms. The first kappa shape index (κ1) is 16.7. The maximum atomic E-state index is 12.8. The molecule has 0 saturated heterocycles. The van der Waals surface area contributed by atoms with Gasteiger partial charge in [-0.25, -0.2) is 0 Å². The van der Waals surface area contributed by atoms with Crippen LogP contribution in [0.1, 0.15) is 28.8 Å². The molecular weight excluding hydrogens is 296 g/mol. The maximum absolute atomic E-state index is 12.8. The van der Waals surface area contributed by atoms with E-state index in [-0.39, 0.29) is 28.9 Å². The van der Waals surface area contributed by atoms with Crippen LogP contribution < -0.4 is 14.2 Å². The molecule has 5 heteroatoms. The number of rotatable bonds is 6. The molecule has 0 aromatic heterocycles. The molecule has 0 radical (unpaired) electrons. The van der Waals surface area contributed by atoms with E-state index in [9.17, 15) is 9.90 Å². The zero-order valence-electron chi connectivity index (χ0n) is 13.6. The van der Waals surface area contributed by atoms with E-state index in [0.717, 1.165) is 11.3 Å². The van der Waals surface area contributed by atoms with Gasteiger partial charge in [0.05, 0.1) is 26.9 Å². The van der Waals surface area contributed by atoms with E-state index in [1.807, 2.05) is 31.2 Å². The number of methoxy groups -OCH3 is 3. The quantitative estimate of drug-likeness (QED) is 0.827. The summed E-state index contributed by atoms with van der Waals surface area (Å²) in [5, 5.41) is 9.81. The number of phenolic OH excluding ortho intramolecular Hbond substituents is 1. The predicted molar refractivity (Wildman–Crippen MR) is 87.0 cm³/mol. The van der Waals surface area contributed by atoms with Crippen molar-refractivity contribution in [2.24, 2.45) is 0 Å². The maximum Gasteiger partial charge on any atom is 0.203 e. The molecule has 0 bridgehead atoms. The third-order valence-electron chi connectivity index (χ3n) is 3.77. The highest BCUT2D eigenvalue weighted by Gasteiger charge is 2.24. The molecule has 122 valence electrons. The largest absolute Gasteiger partial charge is 0.504 e. The minimum absolute atomic E-state index is 0.0713. The number of benzene rings is 2. The van der Waals surface area contributed by atoms with Gasteiger partial charge in [0, 0.05) is 5.92 Å². The summed E-state index contributed by atoms with van der Waals surface area (Å²) in [5.74, 6) is 0.558. The van der Waals surface area contributed by atoms with Gasteiger partial charge in [-0.3, -0.25) is 4.79 Å². The van der Waals surface area contributed by atoms with Crippen molar-refractivity contribution in [3.8, 4) is 23.0 Å². The average molecular weight is 316 g/mol. The molecule has 0 aliphatic rings. The van der Waals surface area contributed by atoms with Crippen molar-refractivity contribution < 1.29 is 24.1 Å². The van der Waals surface area contributed by atoms with Crippen molar-refractivity contribution in [2.45, 2.75) is 12.8 Å². The van der Waals surface area contributed by atoms with Gasteiger partial charge in [-0.05, 0) is 29.8 Å². The number of phenols is 1. The first-order chi connectivity index (χ1) is 11.0. The van der Waals surface area contributed by atoms with Crippen molar-refractivity contribution in [3.05, 3.63) is 47.5 Å². The van der Waals surface area contributed by atoms with E-state index in [2.05, 4.69) is 0 Å². The molecule has 1 atom stereocenters. The number of hydrogen-bond acceptors (Lipinski definition) is 5. The van der Waals surface area contributed by atoms with Crippen LogP contribution in [-0.2, 0) is 0 Å². The number of carbonyl (C=O) groups is 1. The Morgan fingerprint density at radius 3 is 2.04 bits per heavy atom. The Hall–Kier alpha value is -2.69. The summed E-state index contributed by atoms with van der Waals surface area (Å²) in [5.41, 5.74) is 1.23. The molecule has 2 rings (SSSR count). The summed E-state index contributed by atoms with van der Waals surface area (Å²) < 4.78 is 15.5. The summed E-state index contributed by atoms with van der Waals surface area (Å²) in [6, 6.07) is 10.3. The van der Waals surface area contributed by atoms with Crippen LogP contribution in [0.15, 0.2) is 36.4 Å². The minimum Gasteiger partial charge on any atom is -0.504 e. The lowest BCUT2D eigenvalue weighted by molar-refractivity contribution is 0.0962. The van der Waals surface area contributed by atoms with Crippen molar-refractivity contribution in [1.29, 1.82) is 0 Å². The molecule has 0 heterocycles. The van der Waals surface area contributed by atoms with Gasteiger partial charge >= 0.3 is 0 Å². The molecular formula is C18H20O5. The number of ether oxygens (including phenoxy) is 3. The highest BCUT2D eigenvalue weighted by Crippen LogP contribution is 2.40. The van der Waals surface area contributed by atoms with E-state index < -0.39 is 0 Å². The Balaban J connectivity index is 2.39. The van der Waals surface area contributed by atoms with Gasteiger partial charge in [0.2, 0.25) is 5.75 Å². The fourth-order valence-electron chi connectivity index (χ4n) is 2.42. The Morgan fingerprint density at radius 2 is 1.52 bits per heavy atom. The fourth-order valence-corrected chi connectivity index (χ4v) is 2.42. The van der Waals surface area contributed by atoms with Crippen LogP contribution in [0.25, 0.3) is 0 Å². The topological polar surface area (TPSA) is 65.0 Å². The van der Waals surface area contributed by atoms with Crippen LogP contribution in [-0.4, -0.2) is 32.2 Å². The van der Waals surface area contributed by atoms with Gasteiger partial charge in [-0.1, -0.05) is 19.1 Å². The first-order valence-corrected chi connectivity index (χ1v) is 7.15. The van der Waals surface area contributed by atoms with E-state index in [1.54, 1.807) is 13.2 Å². The lowest BCUT2D eigenvalue weighted by Crippen LogP contribution is -2.11. The summed E-state index contributed by atoms with van der Waals surface area (Å²) in [4.78, 5) is 12.8. The van der Waals surface area contributed by atoms with E-state index >= 15 is 0 Å². The molecule has 2 aromatic rings. The predicted octanol–water partition coefficient (Wildman–Crippen LogP) is 3.40. The second kappa shape index (κ2) is 7.05. The third kappa shape index (κ3) is 3.23. The van der Waals surface area contributed by atoms with Gasteiger partial charge in [0.25, 0.3) is 0 Å². The molecule has 1 N–H and O–H groups in total. The Kier molecular flexibility index (Phi) is 5.11. The molecule has 2 aromatic carbocycles. The number of Topliss-reactive ketones (excluding diaryl/α,β-unsaturated/α-hetero) is 1. The normalized spacial score (nSPS) is 11.7. The van der Waals surface area contributed by atoms with Crippen LogP contribution in [0.3, 0.4) is 0 Å². The lowest BCUT2D eigenvalue weighted by Gasteiger charge is -2.16. The van der Waals surface area contributed by atoms with E-state index in [1.165, 1.54) is 20.3 Å². The highest BCUT2D eigenvalue weighted by molar-refractivity contribution is 6.04. The summed E-state index contributed by atoms with van der Waals surface area (Å²) in [6.45, 7) is 1.82. The van der Waals surface area contributed by atoms with Crippen molar-refractivity contribution >= 4 is 5.78 Å². The third-order valence-corrected chi connectivity index (χ3v) is 3.77. The van der Waals surface area contributed by atoms with Crippen LogP contribution in [0, 0.1) is 0 Å². The number of ketones is 1. The fraction of sp³-hybridized carbons (Fsp3) is 0.278. The molecule has 0 saturated carbocycles. The molecule has 0 aliphatic heterocycles. The number of hydrogen-bond donors (Lipinski definition) is 1. The summed E-state index contributed by atoms with van der Waals surface area (Å²) in [7, 11) is 4.45. The Labute approximate surface area is 135 Å².